The maximum atomic E-state index is 11.2. The lowest BCUT2D eigenvalue weighted by atomic mass is 10.1. The summed E-state index contributed by atoms with van der Waals surface area (Å²) in [4.78, 5) is 11.2. The van der Waals surface area contributed by atoms with Gasteiger partial charge in [0.1, 0.15) is 6.04 Å². The van der Waals surface area contributed by atoms with E-state index in [1.54, 1.807) is 0 Å². The van der Waals surface area contributed by atoms with E-state index in [9.17, 15) is 9.90 Å². The molecule has 2 N–H and O–H groups in total. The van der Waals surface area contributed by atoms with Crippen LogP contribution in [0, 0.1) is 5.92 Å². The molecule has 0 aliphatic heterocycles. The molecule has 0 spiro atoms. The molecule has 0 bridgehead atoms. The quantitative estimate of drug-likeness (QED) is 0.696. The number of nitrogens with one attached hydrogen (secondary N) is 1. The predicted molar refractivity (Wildman–Crippen MR) is 73.6 cm³/mol. The van der Waals surface area contributed by atoms with Crippen LogP contribution in [-0.2, 0) is 11.2 Å². The van der Waals surface area contributed by atoms with E-state index in [0.29, 0.717) is 12.3 Å². The van der Waals surface area contributed by atoms with Crippen molar-refractivity contribution in [3.8, 4) is 0 Å². The fourth-order valence-electron chi connectivity index (χ4n) is 1.88. The Hall–Kier alpha value is -1.35. The molecule has 18 heavy (non-hydrogen) atoms. The third-order valence-electron chi connectivity index (χ3n) is 2.93. The molecule has 3 nitrogen and oxygen atoms in total. The number of rotatable bonds is 8. The van der Waals surface area contributed by atoms with Crippen molar-refractivity contribution in [2.45, 2.75) is 39.2 Å². The highest BCUT2D eigenvalue weighted by Crippen LogP contribution is 2.05. The van der Waals surface area contributed by atoms with Crippen molar-refractivity contribution < 1.29 is 9.90 Å². The van der Waals surface area contributed by atoms with Gasteiger partial charge in [-0.1, -0.05) is 44.2 Å². The smallest absolute Gasteiger partial charge is 0.321 e. The summed E-state index contributed by atoms with van der Waals surface area (Å²) >= 11 is 0. The van der Waals surface area contributed by atoms with Crippen molar-refractivity contribution in [3.63, 3.8) is 0 Å². The SMILES string of the molecule is CC(C)CCCN[C@H](Cc1ccccc1)C(=O)O. The Morgan fingerprint density at radius 2 is 1.94 bits per heavy atom. The Morgan fingerprint density at radius 1 is 1.28 bits per heavy atom. The third kappa shape index (κ3) is 5.82. The van der Waals surface area contributed by atoms with Gasteiger partial charge in [0.25, 0.3) is 0 Å². The molecule has 0 aliphatic carbocycles. The second-order valence-electron chi connectivity index (χ2n) is 5.07. The maximum absolute atomic E-state index is 11.2. The van der Waals surface area contributed by atoms with Crippen LogP contribution in [0.2, 0.25) is 0 Å². The number of carboxylic acids is 1. The Bertz CT molecular complexity index is 349. The number of hydrogen-bond acceptors (Lipinski definition) is 2. The molecule has 1 aromatic rings. The minimum absolute atomic E-state index is 0.487. The summed E-state index contributed by atoms with van der Waals surface area (Å²) in [5, 5.41) is 12.3. The van der Waals surface area contributed by atoms with Gasteiger partial charge in [-0.05, 0) is 37.3 Å². The Morgan fingerprint density at radius 3 is 2.50 bits per heavy atom. The molecule has 0 heterocycles. The highest BCUT2D eigenvalue weighted by molar-refractivity contribution is 5.73. The van der Waals surface area contributed by atoms with E-state index >= 15 is 0 Å². The van der Waals surface area contributed by atoms with Gasteiger partial charge in [-0.2, -0.15) is 0 Å². The molecule has 0 saturated heterocycles. The van der Waals surface area contributed by atoms with E-state index in [-0.39, 0.29) is 0 Å². The maximum Gasteiger partial charge on any atom is 0.321 e. The zero-order valence-electron chi connectivity index (χ0n) is 11.2. The van der Waals surface area contributed by atoms with Crippen LogP contribution in [0.1, 0.15) is 32.3 Å². The van der Waals surface area contributed by atoms with Crippen LogP contribution in [0.4, 0.5) is 0 Å². The van der Waals surface area contributed by atoms with Gasteiger partial charge in [0.15, 0.2) is 0 Å². The van der Waals surface area contributed by atoms with Gasteiger partial charge < -0.3 is 10.4 Å². The summed E-state index contributed by atoms with van der Waals surface area (Å²) in [5.74, 6) is -0.104. The average Bonchev–Trinajstić information content (AvgIpc) is 2.33. The van der Waals surface area contributed by atoms with Crippen LogP contribution < -0.4 is 5.32 Å². The van der Waals surface area contributed by atoms with Gasteiger partial charge in [0, 0.05) is 0 Å². The normalized spacial score (nSPS) is 12.6. The van der Waals surface area contributed by atoms with Crippen molar-refractivity contribution in [1.82, 2.24) is 5.32 Å². The molecule has 0 saturated carbocycles. The number of aliphatic carboxylic acids is 1. The summed E-state index contributed by atoms with van der Waals surface area (Å²) in [6.07, 6.45) is 2.69. The van der Waals surface area contributed by atoms with Gasteiger partial charge in [-0.3, -0.25) is 4.79 Å². The Kier molecular flexibility index (Phi) is 6.44. The fraction of sp³-hybridized carbons (Fsp3) is 0.533. The molecule has 0 radical (unpaired) electrons. The minimum Gasteiger partial charge on any atom is -0.480 e. The van der Waals surface area contributed by atoms with E-state index in [1.165, 1.54) is 0 Å². The van der Waals surface area contributed by atoms with Crippen LogP contribution in [0.25, 0.3) is 0 Å². The van der Waals surface area contributed by atoms with Crippen molar-refractivity contribution in [2.24, 2.45) is 5.92 Å². The minimum atomic E-state index is -0.775. The van der Waals surface area contributed by atoms with E-state index in [2.05, 4.69) is 19.2 Å². The first-order valence-corrected chi connectivity index (χ1v) is 6.59. The molecule has 3 heteroatoms. The summed E-state index contributed by atoms with van der Waals surface area (Å²) < 4.78 is 0. The predicted octanol–water partition coefficient (Wildman–Crippen LogP) is 2.71. The average molecular weight is 249 g/mol. The molecular formula is C15H23NO2. The molecule has 100 valence electrons. The molecular weight excluding hydrogens is 226 g/mol. The van der Waals surface area contributed by atoms with Crippen LogP contribution in [0.3, 0.4) is 0 Å². The van der Waals surface area contributed by atoms with E-state index in [1.807, 2.05) is 30.3 Å². The first-order valence-electron chi connectivity index (χ1n) is 6.59. The summed E-state index contributed by atoms with van der Waals surface area (Å²) in [6, 6.07) is 9.26. The highest BCUT2D eigenvalue weighted by atomic mass is 16.4. The fourth-order valence-corrected chi connectivity index (χ4v) is 1.88. The van der Waals surface area contributed by atoms with Crippen LogP contribution in [-0.4, -0.2) is 23.7 Å². The topological polar surface area (TPSA) is 49.3 Å². The molecule has 1 atom stereocenters. The van der Waals surface area contributed by atoms with Crippen LogP contribution in [0.5, 0.6) is 0 Å². The number of carboxylic acid groups (broad SMARTS) is 1. The van der Waals surface area contributed by atoms with Crippen molar-refractivity contribution >= 4 is 5.97 Å². The summed E-state index contributed by atoms with van der Waals surface area (Å²) in [5.41, 5.74) is 1.06. The van der Waals surface area contributed by atoms with Gasteiger partial charge in [0.05, 0.1) is 0 Å². The molecule has 0 aliphatic rings. The van der Waals surface area contributed by atoms with Gasteiger partial charge in [-0.15, -0.1) is 0 Å². The molecule has 0 unspecified atom stereocenters. The van der Waals surface area contributed by atoms with Crippen molar-refractivity contribution in [1.29, 1.82) is 0 Å². The van der Waals surface area contributed by atoms with E-state index < -0.39 is 12.0 Å². The van der Waals surface area contributed by atoms with Crippen LogP contribution in [0.15, 0.2) is 30.3 Å². The van der Waals surface area contributed by atoms with Crippen molar-refractivity contribution in [3.05, 3.63) is 35.9 Å². The van der Waals surface area contributed by atoms with Crippen molar-refractivity contribution in [2.75, 3.05) is 6.54 Å². The van der Waals surface area contributed by atoms with Gasteiger partial charge in [-0.25, -0.2) is 0 Å². The number of carbonyl (C=O) groups is 1. The largest absolute Gasteiger partial charge is 0.480 e. The summed E-state index contributed by atoms with van der Waals surface area (Å²) in [6.45, 7) is 5.12. The zero-order chi connectivity index (χ0) is 13.4. The Labute approximate surface area is 109 Å². The molecule has 0 aromatic heterocycles. The van der Waals surface area contributed by atoms with E-state index in [0.717, 1.165) is 24.9 Å². The van der Waals surface area contributed by atoms with Crippen LogP contribution >= 0.6 is 0 Å². The number of hydrogen-bond donors (Lipinski definition) is 2. The molecule has 1 aromatic carbocycles. The second-order valence-corrected chi connectivity index (χ2v) is 5.07. The second kappa shape index (κ2) is 7.88. The molecule has 1 rings (SSSR count). The van der Waals surface area contributed by atoms with E-state index in [4.69, 9.17) is 0 Å². The number of benzene rings is 1. The first-order chi connectivity index (χ1) is 8.59. The lowest BCUT2D eigenvalue weighted by molar-refractivity contribution is -0.139. The Balaban J connectivity index is 2.39. The summed E-state index contributed by atoms with van der Waals surface area (Å²) in [7, 11) is 0. The molecule has 0 amide bonds. The first kappa shape index (κ1) is 14.7. The molecule has 0 fully saturated rings. The monoisotopic (exact) mass is 249 g/mol. The van der Waals surface area contributed by atoms with Gasteiger partial charge in [0.2, 0.25) is 0 Å². The lowest BCUT2D eigenvalue weighted by Gasteiger charge is -2.15. The highest BCUT2D eigenvalue weighted by Gasteiger charge is 2.16. The third-order valence-corrected chi connectivity index (χ3v) is 2.93. The standard InChI is InChI=1S/C15H23NO2/c1-12(2)7-6-10-16-14(15(17)18)11-13-8-4-3-5-9-13/h3-5,8-9,12,14,16H,6-7,10-11H2,1-2H3,(H,17,18)/t14-/m1/s1. The van der Waals surface area contributed by atoms with Gasteiger partial charge >= 0.3 is 5.97 Å². The lowest BCUT2D eigenvalue weighted by Crippen LogP contribution is -2.39. The zero-order valence-corrected chi connectivity index (χ0v) is 11.2.